The Kier molecular flexibility index (Phi) is 4.68. The molecule has 0 aliphatic carbocycles. The number of nitrogens with one attached hydrogen (secondary N) is 1. The number of hydrogen-bond donors (Lipinski definition) is 2. The van der Waals surface area contributed by atoms with E-state index >= 15 is 0 Å². The molecular formula is C16H19N3O4. The van der Waals surface area contributed by atoms with Gasteiger partial charge in [0.2, 0.25) is 0 Å². The summed E-state index contributed by atoms with van der Waals surface area (Å²) in [7, 11) is 0. The maximum absolute atomic E-state index is 12.1. The molecule has 1 amide bonds. The second-order valence-corrected chi connectivity index (χ2v) is 5.60. The van der Waals surface area contributed by atoms with Crippen molar-refractivity contribution in [2.75, 3.05) is 5.32 Å². The van der Waals surface area contributed by atoms with Gasteiger partial charge < -0.3 is 15.2 Å². The fourth-order valence-corrected chi connectivity index (χ4v) is 1.79. The SMILES string of the molecule is CC(Oc1ccccc1)C(=O)Nc1cnn(C(C)(C)C(=O)O)c1. The monoisotopic (exact) mass is 317 g/mol. The van der Waals surface area contributed by atoms with Crippen LogP contribution < -0.4 is 10.1 Å². The molecule has 0 fully saturated rings. The molecule has 2 rings (SSSR count). The number of benzene rings is 1. The van der Waals surface area contributed by atoms with Gasteiger partial charge >= 0.3 is 5.97 Å². The van der Waals surface area contributed by atoms with Gasteiger partial charge in [-0.25, -0.2) is 4.79 Å². The van der Waals surface area contributed by atoms with Gasteiger partial charge in [-0.15, -0.1) is 0 Å². The summed E-state index contributed by atoms with van der Waals surface area (Å²) in [5.41, 5.74) is -0.789. The van der Waals surface area contributed by atoms with Crippen LogP contribution in [-0.2, 0) is 15.1 Å². The fourth-order valence-electron chi connectivity index (χ4n) is 1.79. The number of hydrogen-bond acceptors (Lipinski definition) is 4. The van der Waals surface area contributed by atoms with Crippen molar-refractivity contribution in [3.05, 3.63) is 42.7 Å². The van der Waals surface area contributed by atoms with Crippen LogP contribution in [0.25, 0.3) is 0 Å². The van der Waals surface area contributed by atoms with Crippen molar-refractivity contribution < 1.29 is 19.4 Å². The lowest BCUT2D eigenvalue weighted by Gasteiger charge is -2.19. The summed E-state index contributed by atoms with van der Waals surface area (Å²) in [5.74, 6) is -0.765. The summed E-state index contributed by atoms with van der Waals surface area (Å²) in [6.07, 6.45) is 2.17. The van der Waals surface area contributed by atoms with Crippen molar-refractivity contribution in [3.8, 4) is 5.75 Å². The molecule has 7 heteroatoms. The van der Waals surface area contributed by atoms with Gasteiger partial charge in [-0.2, -0.15) is 5.10 Å². The van der Waals surface area contributed by atoms with E-state index in [-0.39, 0.29) is 5.91 Å². The van der Waals surface area contributed by atoms with E-state index in [4.69, 9.17) is 9.84 Å². The number of carboxylic acid groups (broad SMARTS) is 1. The first-order valence-corrected chi connectivity index (χ1v) is 7.12. The van der Waals surface area contributed by atoms with E-state index in [1.807, 2.05) is 18.2 Å². The number of para-hydroxylation sites is 1. The zero-order valence-corrected chi connectivity index (χ0v) is 13.2. The number of aliphatic carboxylic acids is 1. The minimum Gasteiger partial charge on any atom is -0.481 e. The molecule has 1 aromatic carbocycles. The van der Waals surface area contributed by atoms with Crippen molar-refractivity contribution in [1.29, 1.82) is 0 Å². The first kappa shape index (κ1) is 16.5. The summed E-state index contributed by atoms with van der Waals surface area (Å²) in [6, 6.07) is 9.01. The topological polar surface area (TPSA) is 93.5 Å². The van der Waals surface area contributed by atoms with Gasteiger partial charge in [-0.1, -0.05) is 18.2 Å². The highest BCUT2D eigenvalue weighted by Crippen LogP contribution is 2.18. The van der Waals surface area contributed by atoms with Gasteiger partial charge in [0.15, 0.2) is 11.6 Å². The van der Waals surface area contributed by atoms with E-state index in [0.29, 0.717) is 11.4 Å². The van der Waals surface area contributed by atoms with Crippen LogP contribution in [0.3, 0.4) is 0 Å². The summed E-state index contributed by atoms with van der Waals surface area (Å²) in [4.78, 5) is 23.3. The second-order valence-electron chi connectivity index (χ2n) is 5.60. The number of carbonyl (C=O) groups is 2. The molecule has 7 nitrogen and oxygen atoms in total. The Morgan fingerprint density at radius 1 is 1.30 bits per heavy atom. The Bertz CT molecular complexity index is 694. The lowest BCUT2D eigenvalue weighted by molar-refractivity contribution is -0.146. The lowest BCUT2D eigenvalue weighted by atomic mass is 10.1. The Hall–Kier alpha value is -2.83. The van der Waals surface area contributed by atoms with Crippen LogP contribution in [0.15, 0.2) is 42.7 Å². The Morgan fingerprint density at radius 2 is 1.96 bits per heavy atom. The third-order valence-electron chi connectivity index (χ3n) is 3.37. The minimum atomic E-state index is -1.20. The number of carboxylic acids is 1. The van der Waals surface area contributed by atoms with Crippen LogP contribution in [0.1, 0.15) is 20.8 Å². The molecular weight excluding hydrogens is 298 g/mol. The first-order chi connectivity index (χ1) is 10.8. The predicted octanol–water partition coefficient (Wildman–Crippen LogP) is 2.11. The Morgan fingerprint density at radius 3 is 2.57 bits per heavy atom. The second kappa shape index (κ2) is 6.51. The average molecular weight is 317 g/mol. The highest BCUT2D eigenvalue weighted by molar-refractivity contribution is 5.93. The molecule has 2 aromatic rings. The summed E-state index contributed by atoms with van der Waals surface area (Å²) in [5, 5.41) is 15.8. The molecule has 1 unspecified atom stereocenters. The quantitative estimate of drug-likeness (QED) is 0.851. The summed E-state index contributed by atoms with van der Waals surface area (Å²) < 4.78 is 6.81. The maximum Gasteiger partial charge on any atom is 0.331 e. The van der Waals surface area contributed by atoms with Gasteiger partial charge in [0.1, 0.15) is 5.75 Å². The van der Waals surface area contributed by atoms with Gasteiger partial charge in [0.05, 0.1) is 11.9 Å². The molecule has 0 spiro atoms. The number of nitrogens with zero attached hydrogens (tertiary/aromatic N) is 2. The minimum absolute atomic E-state index is 0.346. The van der Waals surface area contributed by atoms with E-state index in [2.05, 4.69) is 10.4 Å². The number of amides is 1. The standard InChI is InChI=1S/C16H19N3O4/c1-11(23-13-7-5-4-6-8-13)14(20)18-12-9-17-19(10-12)16(2,3)15(21)22/h4-11H,1-3H3,(H,18,20)(H,21,22). The molecule has 1 heterocycles. The molecule has 23 heavy (non-hydrogen) atoms. The smallest absolute Gasteiger partial charge is 0.331 e. The van der Waals surface area contributed by atoms with Gasteiger partial charge in [0.25, 0.3) is 5.91 Å². The number of rotatable bonds is 6. The van der Waals surface area contributed by atoms with Gasteiger partial charge in [-0.3, -0.25) is 9.48 Å². The third kappa shape index (κ3) is 3.88. The van der Waals surface area contributed by atoms with E-state index in [1.54, 1.807) is 19.1 Å². The van der Waals surface area contributed by atoms with Crippen molar-refractivity contribution >= 4 is 17.6 Å². The number of carbonyl (C=O) groups excluding carboxylic acids is 1. The third-order valence-corrected chi connectivity index (χ3v) is 3.37. The normalized spacial score (nSPS) is 12.5. The number of ether oxygens (including phenoxy) is 1. The largest absolute Gasteiger partial charge is 0.481 e. The van der Waals surface area contributed by atoms with Crippen molar-refractivity contribution in [3.63, 3.8) is 0 Å². The molecule has 0 radical (unpaired) electrons. The predicted molar refractivity (Wildman–Crippen MR) is 84.3 cm³/mol. The first-order valence-electron chi connectivity index (χ1n) is 7.12. The van der Waals surface area contributed by atoms with E-state index in [0.717, 1.165) is 0 Å². The molecule has 0 saturated heterocycles. The molecule has 0 saturated carbocycles. The van der Waals surface area contributed by atoms with Crippen LogP contribution in [-0.4, -0.2) is 32.9 Å². The zero-order chi connectivity index (χ0) is 17.0. The Labute approximate surface area is 133 Å². The number of aromatic nitrogens is 2. The molecule has 1 aromatic heterocycles. The Balaban J connectivity index is 2.01. The van der Waals surface area contributed by atoms with Crippen molar-refractivity contribution in [2.45, 2.75) is 32.4 Å². The highest BCUT2D eigenvalue weighted by Gasteiger charge is 2.30. The van der Waals surface area contributed by atoms with Crippen LogP contribution in [0.5, 0.6) is 5.75 Å². The molecule has 0 aliphatic rings. The lowest BCUT2D eigenvalue weighted by Crippen LogP contribution is -2.36. The highest BCUT2D eigenvalue weighted by atomic mass is 16.5. The van der Waals surface area contributed by atoms with Gasteiger partial charge in [0, 0.05) is 6.20 Å². The zero-order valence-electron chi connectivity index (χ0n) is 13.2. The van der Waals surface area contributed by atoms with E-state index in [1.165, 1.54) is 30.9 Å². The van der Waals surface area contributed by atoms with E-state index in [9.17, 15) is 9.59 Å². The van der Waals surface area contributed by atoms with Gasteiger partial charge in [-0.05, 0) is 32.9 Å². The van der Waals surface area contributed by atoms with Crippen LogP contribution in [0.4, 0.5) is 5.69 Å². The number of anilines is 1. The van der Waals surface area contributed by atoms with Crippen LogP contribution >= 0.6 is 0 Å². The molecule has 0 aliphatic heterocycles. The fraction of sp³-hybridized carbons (Fsp3) is 0.312. The molecule has 122 valence electrons. The summed E-state index contributed by atoms with van der Waals surface area (Å²) in [6.45, 7) is 4.68. The maximum atomic E-state index is 12.1. The molecule has 0 bridgehead atoms. The average Bonchev–Trinajstić information content (AvgIpc) is 2.97. The molecule has 1 atom stereocenters. The van der Waals surface area contributed by atoms with E-state index < -0.39 is 17.6 Å². The van der Waals surface area contributed by atoms with Crippen molar-refractivity contribution in [2.24, 2.45) is 0 Å². The van der Waals surface area contributed by atoms with Crippen LogP contribution in [0.2, 0.25) is 0 Å². The summed E-state index contributed by atoms with van der Waals surface area (Å²) >= 11 is 0. The van der Waals surface area contributed by atoms with Crippen molar-refractivity contribution in [1.82, 2.24) is 9.78 Å². The molecule has 2 N–H and O–H groups in total. The van der Waals surface area contributed by atoms with Crippen LogP contribution in [0, 0.1) is 0 Å².